The van der Waals surface area contributed by atoms with Gasteiger partial charge in [-0.1, -0.05) is 0 Å². The van der Waals surface area contributed by atoms with E-state index in [1.165, 1.54) is 4.90 Å². The van der Waals surface area contributed by atoms with Gasteiger partial charge in [0.15, 0.2) is 0 Å². The van der Waals surface area contributed by atoms with Gasteiger partial charge in [-0.3, -0.25) is 0 Å². The molecule has 1 amide bonds. The predicted octanol–water partition coefficient (Wildman–Crippen LogP) is -0.0102. The molecule has 0 atom stereocenters. The van der Waals surface area contributed by atoms with Crippen molar-refractivity contribution in [2.45, 2.75) is 6.04 Å². The number of carbonyl (C=O) groups is 1. The largest absolute Gasteiger partial charge is 0.465 e. The number of likely N-dealkylation sites (N-methyl/N-ethyl adjacent to an activating group) is 1. The number of hydrogen-bond acceptors (Lipinski definition) is 2. The van der Waals surface area contributed by atoms with Gasteiger partial charge in [0.05, 0.1) is 6.04 Å². The fourth-order valence-electron chi connectivity index (χ4n) is 0.703. The molecule has 0 saturated carbocycles. The molecular weight excluding hydrogens is 156 g/mol. The SMILES string of the molecule is CN(C(=O)O)C1CNC1.Cl. The zero-order chi connectivity index (χ0) is 6.85. The minimum absolute atomic E-state index is 0. The Kier molecular flexibility index (Phi) is 3.46. The van der Waals surface area contributed by atoms with Crippen LogP contribution in [0.25, 0.3) is 0 Å². The van der Waals surface area contributed by atoms with Crippen molar-refractivity contribution in [3.8, 4) is 0 Å². The lowest BCUT2D eigenvalue weighted by Crippen LogP contribution is -2.57. The molecule has 1 aliphatic heterocycles. The van der Waals surface area contributed by atoms with Crippen molar-refractivity contribution in [3.05, 3.63) is 0 Å². The average molecular weight is 167 g/mol. The zero-order valence-corrected chi connectivity index (χ0v) is 6.52. The van der Waals surface area contributed by atoms with E-state index >= 15 is 0 Å². The van der Waals surface area contributed by atoms with Crippen molar-refractivity contribution in [3.63, 3.8) is 0 Å². The number of nitrogens with zero attached hydrogens (tertiary/aromatic N) is 1. The fourth-order valence-corrected chi connectivity index (χ4v) is 0.703. The van der Waals surface area contributed by atoms with E-state index in [-0.39, 0.29) is 18.4 Å². The maximum atomic E-state index is 10.2. The van der Waals surface area contributed by atoms with Crippen LogP contribution in [-0.4, -0.2) is 42.3 Å². The first kappa shape index (κ1) is 9.52. The standard InChI is InChI=1S/C5H10N2O2.ClH/c1-7(5(8)9)4-2-6-3-4;/h4,6H,2-3H2,1H3,(H,8,9);1H. The number of rotatable bonds is 1. The first-order valence-corrected chi connectivity index (χ1v) is 2.88. The van der Waals surface area contributed by atoms with Crippen LogP contribution in [0.4, 0.5) is 4.79 Å². The molecule has 4 nitrogen and oxygen atoms in total. The molecule has 0 spiro atoms. The summed E-state index contributed by atoms with van der Waals surface area (Å²) in [4.78, 5) is 11.6. The summed E-state index contributed by atoms with van der Waals surface area (Å²) in [5.41, 5.74) is 0. The highest BCUT2D eigenvalue weighted by atomic mass is 35.5. The van der Waals surface area contributed by atoms with Crippen LogP contribution in [0.1, 0.15) is 0 Å². The van der Waals surface area contributed by atoms with Gasteiger partial charge in [0.2, 0.25) is 0 Å². The van der Waals surface area contributed by atoms with Gasteiger partial charge in [-0.2, -0.15) is 0 Å². The van der Waals surface area contributed by atoms with Gasteiger partial charge in [0, 0.05) is 20.1 Å². The number of carboxylic acid groups (broad SMARTS) is 1. The van der Waals surface area contributed by atoms with Gasteiger partial charge in [-0.25, -0.2) is 4.79 Å². The second kappa shape index (κ2) is 3.63. The lowest BCUT2D eigenvalue weighted by molar-refractivity contribution is 0.122. The highest BCUT2D eigenvalue weighted by Crippen LogP contribution is 2.00. The summed E-state index contributed by atoms with van der Waals surface area (Å²) in [5.74, 6) is 0. The van der Waals surface area contributed by atoms with Crippen LogP contribution in [0.2, 0.25) is 0 Å². The molecule has 5 heteroatoms. The lowest BCUT2D eigenvalue weighted by atomic mass is 10.2. The smallest absolute Gasteiger partial charge is 0.407 e. The molecule has 1 aliphatic rings. The third-order valence-corrected chi connectivity index (χ3v) is 1.61. The maximum absolute atomic E-state index is 10.2. The van der Waals surface area contributed by atoms with Gasteiger partial charge in [0.1, 0.15) is 0 Å². The quantitative estimate of drug-likeness (QED) is 0.576. The summed E-state index contributed by atoms with van der Waals surface area (Å²) in [7, 11) is 1.59. The van der Waals surface area contributed by atoms with E-state index in [0.717, 1.165) is 13.1 Å². The van der Waals surface area contributed by atoms with E-state index in [9.17, 15) is 4.79 Å². The Labute approximate surface area is 65.6 Å². The fraction of sp³-hybridized carbons (Fsp3) is 0.800. The second-order valence-electron chi connectivity index (χ2n) is 2.21. The molecule has 60 valence electrons. The van der Waals surface area contributed by atoms with E-state index in [1.54, 1.807) is 7.05 Å². The summed E-state index contributed by atoms with van der Waals surface area (Å²) in [5, 5.41) is 11.4. The molecule has 1 saturated heterocycles. The second-order valence-corrected chi connectivity index (χ2v) is 2.21. The van der Waals surface area contributed by atoms with Crippen LogP contribution < -0.4 is 5.32 Å². The van der Waals surface area contributed by atoms with Crippen LogP contribution in [0.3, 0.4) is 0 Å². The first-order valence-electron chi connectivity index (χ1n) is 2.88. The predicted molar refractivity (Wildman–Crippen MR) is 39.7 cm³/mol. The zero-order valence-electron chi connectivity index (χ0n) is 5.70. The Morgan fingerprint density at radius 2 is 2.20 bits per heavy atom. The summed E-state index contributed by atoms with van der Waals surface area (Å²) < 4.78 is 0. The minimum Gasteiger partial charge on any atom is -0.465 e. The minimum atomic E-state index is -0.846. The molecule has 1 rings (SSSR count). The van der Waals surface area contributed by atoms with Crippen molar-refractivity contribution in [1.29, 1.82) is 0 Å². The number of hydrogen-bond donors (Lipinski definition) is 2. The lowest BCUT2D eigenvalue weighted by Gasteiger charge is -2.33. The Bertz CT molecular complexity index is 127. The van der Waals surface area contributed by atoms with Crippen LogP contribution in [0.15, 0.2) is 0 Å². The van der Waals surface area contributed by atoms with E-state index in [1.807, 2.05) is 0 Å². The summed E-state index contributed by atoms with van der Waals surface area (Å²) in [6.45, 7) is 1.59. The van der Waals surface area contributed by atoms with E-state index in [2.05, 4.69) is 5.32 Å². The van der Waals surface area contributed by atoms with Crippen LogP contribution in [0, 0.1) is 0 Å². The monoisotopic (exact) mass is 166 g/mol. The van der Waals surface area contributed by atoms with E-state index in [4.69, 9.17) is 5.11 Å². The van der Waals surface area contributed by atoms with Crippen molar-refractivity contribution >= 4 is 18.5 Å². The molecule has 10 heavy (non-hydrogen) atoms. The first-order chi connectivity index (χ1) is 4.22. The molecule has 0 aliphatic carbocycles. The Hall–Kier alpha value is -0.480. The van der Waals surface area contributed by atoms with Gasteiger partial charge in [0.25, 0.3) is 0 Å². The highest BCUT2D eigenvalue weighted by Gasteiger charge is 2.24. The van der Waals surface area contributed by atoms with E-state index < -0.39 is 6.09 Å². The van der Waals surface area contributed by atoms with Crippen molar-refractivity contribution in [2.24, 2.45) is 0 Å². The summed E-state index contributed by atoms with van der Waals surface area (Å²) in [6.07, 6.45) is -0.846. The van der Waals surface area contributed by atoms with Crippen LogP contribution in [0.5, 0.6) is 0 Å². The molecule has 0 aromatic rings. The molecule has 1 heterocycles. The topological polar surface area (TPSA) is 52.6 Å². The summed E-state index contributed by atoms with van der Waals surface area (Å²) >= 11 is 0. The Morgan fingerprint density at radius 3 is 2.30 bits per heavy atom. The molecule has 0 aromatic heterocycles. The molecule has 0 aromatic carbocycles. The Balaban J connectivity index is 0.000000810. The van der Waals surface area contributed by atoms with Gasteiger partial charge in [-0.15, -0.1) is 12.4 Å². The third-order valence-electron chi connectivity index (χ3n) is 1.61. The normalized spacial score (nSPS) is 16.9. The summed E-state index contributed by atoms with van der Waals surface area (Å²) in [6, 6.07) is 0.197. The molecule has 0 unspecified atom stereocenters. The van der Waals surface area contributed by atoms with Crippen molar-refractivity contribution in [1.82, 2.24) is 10.2 Å². The van der Waals surface area contributed by atoms with Crippen molar-refractivity contribution in [2.75, 3.05) is 20.1 Å². The van der Waals surface area contributed by atoms with Gasteiger partial charge >= 0.3 is 6.09 Å². The molecular formula is C5H11ClN2O2. The molecule has 0 radical (unpaired) electrons. The third kappa shape index (κ3) is 1.75. The molecule has 0 bridgehead atoms. The molecule has 2 N–H and O–H groups in total. The Morgan fingerprint density at radius 1 is 1.70 bits per heavy atom. The average Bonchev–Trinajstić information content (AvgIpc) is 1.60. The number of halogens is 1. The van der Waals surface area contributed by atoms with Gasteiger partial charge in [-0.05, 0) is 0 Å². The highest BCUT2D eigenvalue weighted by molar-refractivity contribution is 5.85. The van der Waals surface area contributed by atoms with Gasteiger partial charge < -0.3 is 15.3 Å². The van der Waals surface area contributed by atoms with Crippen LogP contribution >= 0.6 is 12.4 Å². The van der Waals surface area contributed by atoms with E-state index in [0.29, 0.717) is 0 Å². The molecule has 1 fully saturated rings. The number of amides is 1. The van der Waals surface area contributed by atoms with Crippen molar-refractivity contribution < 1.29 is 9.90 Å². The van der Waals surface area contributed by atoms with Crippen LogP contribution in [-0.2, 0) is 0 Å². The maximum Gasteiger partial charge on any atom is 0.407 e. The number of nitrogens with one attached hydrogen (secondary N) is 1.